The minimum atomic E-state index is -0.208. The first-order valence-corrected chi connectivity index (χ1v) is 9.20. The summed E-state index contributed by atoms with van der Waals surface area (Å²) in [4.78, 5) is 21.0. The number of fused-ring (bicyclic) bond motifs is 2. The molecule has 1 atom stereocenters. The third-order valence-corrected chi connectivity index (χ3v) is 5.56. The Kier molecular flexibility index (Phi) is 4.04. The molecule has 0 bridgehead atoms. The van der Waals surface area contributed by atoms with E-state index in [4.69, 9.17) is 21.9 Å². The lowest BCUT2D eigenvalue weighted by atomic mass is 9.91. The van der Waals surface area contributed by atoms with Crippen LogP contribution in [0.4, 0.5) is 0 Å². The monoisotopic (exact) mass is 367 g/mol. The van der Waals surface area contributed by atoms with Gasteiger partial charge in [-0.2, -0.15) is 0 Å². The number of aromatic nitrogens is 3. The summed E-state index contributed by atoms with van der Waals surface area (Å²) in [6, 6.07) is 9.60. The quantitative estimate of drug-likeness (QED) is 0.696. The van der Waals surface area contributed by atoms with Crippen LogP contribution in [0.15, 0.2) is 35.1 Å². The van der Waals surface area contributed by atoms with Crippen LogP contribution in [0.3, 0.4) is 0 Å². The molecule has 0 radical (unpaired) electrons. The molecular weight excluding hydrogens is 346 g/mol. The predicted octanol–water partition coefficient (Wildman–Crippen LogP) is 3.99. The van der Waals surface area contributed by atoms with Crippen molar-refractivity contribution in [2.75, 3.05) is 0 Å². The van der Waals surface area contributed by atoms with Gasteiger partial charge in [-0.1, -0.05) is 25.1 Å². The second kappa shape index (κ2) is 6.14. The Hall–Kier alpha value is -2.31. The molecule has 3 heterocycles. The van der Waals surface area contributed by atoms with Crippen molar-refractivity contribution in [3.63, 3.8) is 0 Å². The van der Waals surface area contributed by atoms with E-state index in [-0.39, 0.29) is 11.2 Å². The summed E-state index contributed by atoms with van der Waals surface area (Å²) in [6.45, 7) is 6.65. The van der Waals surface area contributed by atoms with Gasteiger partial charge < -0.3 is 9.72 Å². The first-order valence-electron chi connectivity index (χ1n) is 8.80. The molecule has 0 saturated carbocycles. The zero-order valence-electron chi connectivity index (χ0n) is 15.1. The van der Waals surface area contributed by atoms with Crippen LogP contribution in [0, 0.1) is 11.7 Å². The van der Waals surface area contributed by atoms with Gasteiger partial charge in [0.25, 0.3) is 5.56 Å². The number of aryl methyl sites for hydroxylation is 1. The highest BCUT2D eigenvalue weighted by Crippen LogP contribution is 2.30. The molecule has 2 aromatic heterocycles. The standard InChI is InChI=1S/C20H21N3O2S/c1-4-20(3)10-15-13(11-25-20)9-14-17(21-15)22-19(26)23(18(14)24)16-8-6-5-7-12(16)2/h5-9H,4,10-11H2,1-3H3,(H,21,22,26)/t20-/m1/s1. The van der Waals surface area contributed by atoms with E-state index >= 15 is 0 Å². The highest BCUT2D eigenvalue weighted by molar-refractivity contribution is 7.71. The van der Waals surface area contributed by atoms with E-state index in [1.54, 1.807) is 4.57 Å². The van der Waals surface area contributed by atoms with Gasteiger partial charge in [-0.3, -0.25) is 9.36 Å². The van der Waals surface area contributed by atoms with Crippen LogP contribution in [0.25, 0.3) is 16.7 Å². The molecule has 6 heteroatoms. The van der Waals surface area contributed by atoms with Gasteiger partial charge in [0.1, 0.15) is 5.65 Å². The van der Waals surface area contributed by atoms with Crippen molar-refractivity contribution in [3.8, 4) is 5.69 Å². The summed E-state index contributed by atoms with van der Waals surface area (Å²) in [5, 5.41) is 0.532. The molecule has 1 aliphatic heterocycles. The molecule has 26 heavy (non-hydrogen) atoms. The Morgan fingerprint density at radius 2 is 2.15 bits per heavy atom. The zero-order chi connectivity index (χ0) is 18.5. The number of nitrogens with one attached hydrogen (secondary N) is 1. The largest absolute Gasteiger partial charge is 0.370 e. The Labute approximate surface area is 156 Å². The predicted molar refractivity (Wildman–Crippen MR) is 104 cm³/mol. The maximum Gasteiger partial charge on any atom is 0.268 e. The van der Waals surface area contributed by atoms with Crippen molar-refractivity contribution in [1.29, 1.82) is 0 Å². The Bertz CT molecular complexity index is 1130. The topological polar surface area (TPSA) is 59.9 Å². The number of para-hydroxylation sites is 1. The highest BCUT2D eigenvalue weighted by Gasteiger charge is 2.30. The maximum atomic E-state index is 13.2. The molecular formula is C20H21N3O2S. The summed E-state index contributed by atoms with van der Waals surface area (Å²) in [5.41, 5.74) is 3.91. The normalized spacial score (nSPS) is 19.5. The SMILES string of the molecule is CC[C@]1(C)Cc2nc3[nH]c(=S)n(-c4ccccc4C)c(=O)c3cc2CO1. The van der Waals surface area contributed by atoms with Crippen molar-refractivity contribution < 1.29 is 4.74 Å². The van der Waals surface area contributed by atoms with Gasteiger partial charge >= 0.3 is 0 Å². The second-order valence-corrected chi connectivity index (χ2v) is 7.50. The Balaban J connectivity index is 1.96. The molecule has 0 unspecified atom stereocenters. The summed E-state index contributed by atoms with van der Waals surface area (Å²) < 4.78 is 7.91. The van der Waals surface area contributed by atoms with E-state index < -0.39 is 0 Å². The molecule has 1 aliphatic rings. The van der Waals surface area contributed by atoms with E-state index in [2.05, 4.69) is 18.8 Å². The van der Waals surface area contributed by atoms with Crippen LogP contribution in [-0.4, -0.2) is 20.1 Å². The minimum absolute atomic E-state index is 0.155. The number of H-pyrrole nitrogens is 1. The number of pyridine rings is 1. The van der Waals surface area contributed by atoms with Crippen LogP contribution >= 0.6 is 12.2 Å². The summed E-state index contributed by atoms with van der Waals surface area (Å²) in [5.74, 6) is 0. The first kappa shape index (κ1) is 17.1. The van der Waals surface area contributed by atoms with Crippen molar-refractivity contribution in [3.05, 3.63) is 62.3 Å². The van der Waals surface area contributed by atoms with E-state index in [0.29, 0.717) is 22.4 Å². The average Bonchev–Trinajstić information content (AvgIpc) is 2.62. The molecule has 134 valence electrons. The molecule has 0 spiro atoms. The lowest BCUT2D eigenvalue weighted by Gasteiger charge is -2.33. The third-order valence-electron chi connectivity index (χ3n) is 5.27. The van der Waals surface area contributed by atoms with Gasteiger partial charge in [0.05, 0.1) is 29.0 Å². The molecule has 4 rings (SSSR count). The van der Waals surface area contributed by atoms with Crippen LogP contribution in [0.2, 0.25) is 0 Å². The summed E-state index contributed by atoms with van der Waals surface area (Å²) in [6.07, 6.45) is 1.65. The third kappa shape index (κ3) is 2.70. The van der Waals surface area contributed by atoms with Gasteiger partial charge in [-0.05, 0) is 50.2 Å². The van der Waals surface area contributed by atoms with E-state index in [1.165, 1.54) is 0 Å². The molecule has 5 nitrogen and oxygen atoms in total. The summed E-state index contributed by atoms with van der Waals surface area (Å²) >= 11 is 5.47. The highest BCUT2D eigenvalue weighted by atomic mass is 32.1. The Morgan fingerprint density at radius 3 is 2.88 bits per heavy atom. The molecule has 0 amide bonds. The average molecular weight is 367 g/mol. The molecule has 1 N–H and O–H groups in total. The lowest BCUT2D eigenvalue weighted by Crippen LogP contribution is -2.35. The minimum Gasteiger partial charge on any atom is -0.370 e. The molecule has 0 saturated heterocycles. The van der Waals surface area contributed by atoms with Gasteiger partial charge in [0.15, 0.2) is 4.77 Å². The number of nitrogens with zero attached hydrogens (tertiary/aromatic N) is 2. The first-order chi connectivity index (χ1) is 12.4. The van der Waals surface area contributed by atoms with Gasteiger partial charge in [-0.25, -0.2) is 4.98 Å². The van der Waals surface area contributed by atoms with Crippen molar-refractivity contribution in [2.45, 2.75) is 45.8 Å². The molecule has 1 aromatic carbocycles. The number of rotatable bonds is 2. The van der Waals surface area contributed by atoms with Crippen LogP contribution in [0.5, 0.6) is 0 Å². The van der Waals surface area contributed by atoms with Crippen molar-refractivity contribution in [2.24, 2.45) is 0 Å². The van der Waals surface area contributed by atoms with Crippen molar-refractivity contribution >= 4 is 23.3 Å². The number of ether oxygens (including phenoxy) is 1. The number of aromatic amines is 1. The van der Waals surface area contributed by atoms with Crippen molar-refractivity contribution in [1.82, 2.24) is 14.5 Å². The molecule has 3 aromatic rings. The molecule has 0 aliphatic carbocycles. The van der Waals surface area contributed by atoms with E-state index in [0.717, 1.165) is 35.3 Å². The van der Waals surface area contributed by atoms with E-state index in [1.807, 2.05) is 37.3 Å². The summed E-state index contributed by atoms with van der Waals surface area (Å²) in [7, 11) is 0. The lowest BCUT2D eigenvalue weighted by molar-refractivity contribution is -0.0573. The van der Waals surface area contributed by atoms with Crippen LogP contribution in [-0.2, 0) is 17.8 Å². The van der Waals surface area contributed by atoms with Gasteiger partial charge in [0.2, 0.25) is 0 Å². The second-order valence-electron chi connectivity index (χ2n) is 7.12. The van der Waals surface area contributed by atoms with Crippen LogP contribution in [0.1, 0.15) is 37.1 Å². The maximum absolute atomic E-state index is 13.2. The smallest absolute Gasteiger partial charge is 0.268 e. The zero-order valence-corrected chi connectivity index (χ0v) is 15.9. The number of hydrogen-bond donors (Lipinski definition) is 1. The van der Waals surface area contributed by atoms with Crippen LogP contribution < -0.4 is 5.56 Å². The fraction of sp³-hybridized carbons (Fsp3) is 0.350. The number of hydrogen-bond acceptors (Lipinski definition) is 4. The van der Waals surface area contributed by atoms with Gasteiger partial charge in [0, 0.05) is 12.0 Å². The van der Waals surface area contributed by atoms with E-state index in [9.17, 15) is 4.79 Å². The fourth-order valence-corrected chi connectivity index (χ4v) is 3.69. The Morgan fingerprint density at radius 1 is 1.38 bits per heavy atom. The van der Waals surface area contributed by atoms with Gasteiger partial charge in [-0.15, -0.1) is 0 Å². The molecule has 0 fully saturated rings. The fourth-order valence-electron chi connectivity index (χ4n) is 3.42. The number of benzene rings is 1.